The molecule has 5 unspecified atom stereocenters. The summed E-state index contributed by atoms with van der Waals surface area (Å²) in [5, 5.41) is 20.8. The van der Waals surface area contributed by atoms with Crippen molar-refractivity contribution in [3.63, 3.8) is 0 Å². The summed E-state index contributed by atoms with van der Waals surface area (Å²) in [6.07, 6.45) is 140. The first kappa shape index (κ1) is 128. The quantitative estimate of drug-likeness (QED) is 0.0146. The third kappa shape index (κ3) is 107. The molecule has 0 aliphatic rings. The smallest absolute Gasteiger partial charge is 0.463 e. The van der Waals surface area contributed by atoms with Crippen molar-refractivity contribution < 1.29 is 75.8 Å². The molecule has 0 bridgehead atoms. The van der Waals surface area contributed by atoms with E-state index < -0.39 is 91.5 Å². The van der Waals surface area contributed by atoms with Crippen molar-refractivity contribution in [2.24, 2.45) is 0 Å². The number of ether oxygens (including phenoxy) is 3. The van der Waals surface area contributed by atoms with Crippen molar-refractivity contribution in [1.82, 2.24) is 0 Å². The zero-order valence-corrected chi connectivity index (χ0v) is 86.9. The van der Waals surface area contributed by atoms with Gasteiger partial charge in [0.1, 0.15) is 25.4 Å². The number of rotatable bonds is 103. The lowest BCUT2D eigenvalue weighted by Gasteiger charge is -2.21. The minimum atomic E-state index is -4.95. The molecule has 4 N–H and O–H groups in total. The molecule has 0 aromatic heterocycles. The lowest BCUT2D eigenvalue weighted by Crippen LogP contribution is -2.30. The maximum absolute atomic E-state index is 13.1. The molecule has 0 saturated carbocycles. The van der Waals surface area contributed by atoms with Crippen molar-refractivity contribution in [3.8, 4) is 0 Å². The van der Waals surface area contributed by atoms with Gasteiger partial charge >= 0.3 is 33.6 Å². The average molecular weight is 1900 g/mol. The van der Waals surface area contributed by atoms with E-state index in [-0.39, 0.29) is 19.3 Å². The molecule has 0 aromatic carbocycles. The van der Waals surface area contributed by atoms with Crippen LogP contribution >= 0.6 is 15.6 Å². The van der Waals surface area contributed by atoms with Crippen LogP contribution in [0.15, 0.2) is 170 Å². The summed E-state index contributed by atoms with van der Waals surface area (Å²) in [6, 6.07) is 0. The van der Waals surface area contributed by atoms with Gasteiger partial charge in [0.05, 0.1) is 26.4 Å². The molecule has 766 valence electrons. The number of hydrogen-bond acceptors (Lipinski definition) is 14. The fourth-order valence-corrected chi connectivity index (χ4v) is 16.8. The number of carbonyl (C=O) groups is 3. The van der Waals surface area contributed by atoms with E-state index >= 15 is 0 Å². The minimum absolute atomic E-state index is 0.0920. The standard InChI is InChI=1S/C115H200O16P2/c1-4-7-10-13-16-19-22-25-28-31-34-37-40-43-46-48-50-52-54-56-58-60-63-65-68-71-74-77-80-83-86-89-92-95-98-101-113(118)125-104-110(116)105-127-132(121,122)128-106-111(117)107-129-133(123,124)130-109-112(131-115(120)103-100-97-94-91-88-85-82-79-76-73-70-67-62-45-42-39-36-33-30-27-24-21-18-15-12-9-6-3)108-126-114(119)102-99-96-93-90-87-84-81-78-75-72-69-66-64-61-59-57-55-53-51-49-47-44-41-38-35-32-29-26-23-20-17-14-11-8-5-2/h9,12,16-21,25-30,34-39,43-47,62,70,73,110-112,116-117H,4-8,10-11,13-15,22-24,31-33,40-42,48-61,63-69,71-72,74-109H2,1-3H3,(H,121,122)(H,123,124)/b12-9-,19-16-,20-17-,21-18-,28-25-,29-26-,30-27-,37-34-,38-35-,39-36-,46-43-,47-44-,62-45-,73-70-. The van der Waals surface area contributed by atoms with Gasteiger partial charge in [-0.25, -0.2) is 9.13 Å². The topological polar surface area (TPSA) is 231 Å². The molecule has 133 heavy (non-hydrogen) atoms. The first-order valence-corrected chi connectivity index (χ1v) is 57.4. The van der Waals surface area contributed by atoms with Gasteiger partial charge in [-0.05, 0) is 161 Å². The third-order valence-corrected chi connectivity index (χ3v) is 25.3. The van der Waals surface area contributed by atoms with Crippen LogP contribution in [0, 0.1) is 0 Å². The third-order valence-electron chi connectivity index (χ3n) is 23.4. The highest BCUT2D eigenvalue weighted by Gasteiger charge is 2.30. The predicted molar refractivity (Wildman–Crippen MR) is 565 cm³/mol. The van der Waals surface area contributed by atoms with E-state index in [4.69, 9.17) is 32.3 Å². The lowest BCUT2D eigenvalue weighted by atomic mass is 10.0. The maximum atomic E-state index is 13.1. The molecule has 0 radical (unpaired) electrons. The average Bonchev–Trinajstić information content (AvgIpc) is 0.898. The van der Waals surface area contributed by atoms with Crippen LogP contribution in [-0.4, -0.2) is 95.9 Å². The van der Waals surface area contributed by atoms with Crippen LogP contribution < -0.4 is 0 Å². The number of allylic oxidation sites excluding steroid dienone is 28. The Morgan fingerprint density at radius 2 is 0.398 bits per heavy atom. The second-order valence-corrected chi connectivity index (χ2v) is 39.3. The highest BCUT2D eigenvalue weighted by molar-refractivity contribution is 7.47. The normalized spacial score (nSPS) is 14.2. The first-order valence-electron chi connectivity index (χ1n) is 54.4. The summed E-state index contributed by atoms with van der Waals surface area (Å²) in [7, 11) is -9.82. The zero-order chi connectivity index (χ0) is 96.4. The Bertz CT molecular complexity index is 3100. The van der Waals surface area contributed by atoms with Crippen LogP contribution in [-0.2, 0) is 55.8 Å². The van der Waals surface area contributed by atoms with E-state index in [1.54, 1.807) is 0 Å². The Morgan fingerprint density at radius 1 is 0.218 bits per heavy atom. The second-order valence-electron chi connectivity index (χ2n) is 36.4. The van der Waals surface area contributed by atoms with Crippen molar-refractivity contribution >= 4 is 33.6 Å². The van der Waals surface area contributed by atoms with E-state index in [0.29, 0.717) is 19.3 Å². The summed E-state index contributed by atoms with van der Waals surface area (Å²) in [5.41, 5.74) is 0. The van der Waals surface area contributed by atoms with Gasteiger partial charge in [0.15, 0.2) is 6.10 Å². The number of esters is 3. The van der Waals surface area contributed by atoms with Crippen LogP contribution in [0.1, 0.15) is 483 Å². The van der Waals surface area contributed by atoms with Gasteiger partial charge in [0.25, 0.3) is 0 Å². The summed E-state index contributed by atoms with van der Waals surface area (Å²) in [6.45, 7) is 2.59. The van der Waals surface area contributed by atoms with Gasteiger partial charge in [-0.1, -0.05) is 473 Å². The zero-order valence-electron chi connectivity index (χ0n) is 85.1. The number of unbranched alkanes of at least 4 members (excludes halogenated alkanes) is 52. The van der Waals surface area contributed by atoms with Crippen molar-refractivity contribution in [1.29, 1.82) is 0 Å². The van der Waals surface area contributed by atoms with Crippen LogP contribution in [0.5, 0.6) is 0 Å². The predicted octanol–water partition coefficient (Wildman–Crippen LogP) is 34.9. The van der Waals surface area contributed by atoms with Crippen LogP contribution in [0.4, 0.5) is 0 Å². The summed E-state index contributed by atoms with van der Waals surface area (Å²) < 4.78 is 61.8. The van der Waals surface area contributed by atoms with Gasteiger partial charge in [0.2, 0.25) is 0 Å². The fourth-order valence-electron chi connectivity index (χ4n) is 15.2. The SMILES string of the molecule is CC/C=C\C/C=C\C/C=C\C/C=C\C/C=C\C/C=C\CCCCCCCCCCC(=O)OC(COC(=O)CCCCCCCCCCCCCCCCCCCCC/C=C\C/C=C\C/C=C\C/C=C\CCCCC)COP(=O)(O)OCC(O)COP(=O)(O)OCC(O)COC(=O)CCCCCCCCCCCCCCCCCCCCC/C=C\C/C=C\C/C=C\C/C=C\CCCCC. The molecule has 0 spiro atoms. The number of phosphoric acid groups is 2. The number of aliphatic hydroxyl groups excluding tert-OH is 2. The van der Waals surface area contributed by atoms with Crippen molar-refractivity contribution in [2.45, 2.75) is 501 Å². The number of phosphoric ester groups is 2. The molecule has 0 aliphatic heterocycles. The highest BCUT2D eigenvalue weighted by atomic mass is 31.2. The molecule has 0 heterocycles. The van der Waals surface area contributed by atoms with Crippen LogP contribution in [0.2, 0.25) is 0 Å². The molecule has 0 fully saturated rings. The van der Waals surface area contributed by atoms with Gasteiger partial charge < -0.3 is 34.2 Å². The molecular weight excluding hydrogens is 1700 g/mol. The molecule has 0 rings (SSSR count). The van der Waals surface area contributed by atoms with Gasteiger partial charge in [0, 0.05) is 19.3 Å². The first-order chi connectivity index (χ1) is 65.2. The summed E-state index contributed by atoms with van der Waals surface area (Å²) in [4.78, 5) is 59.3. The summed E-state index contributed by atoms with van der Waals surface area (Å²) >= 11 is 0. The lowest BCUT2D eigenvalue weighted by molar-refractivity contribution is -0.161. The fraction of sp³-hybridized carbons (Fsp3) is 0.730. The van der Waals surface area contributed by atoms with E-state index in [9.17, 15) is 43.5 Å². The Hall–Kier alpha value is -5.09. The maximum Gasteiger partial charge on any atom is 0.472 e. The van der Waals surface area contributed by atoms with Crippen molar-refractivity contribution in [2.75, 3.05) is 39.6 Å². The van der Waals surface area contributed by atoms with E-state index in [0.717, 1.165) is 161 Å². The Morgan fingerprint density at radius 3 is 0.632 bits per heavy atom. The second kappa shape index (κ2) is 106. The highest BCUT2D eigenvalue weighted by Crippen LogP contribution is 2.45. The minimum Gasteiger partial charge on any atom is -0.463 e. The van der Waals surface area contributed by atoms with E-state index in [1.165, 1.54) is 263 Å². The molecule has 0 aliphatic carbocycles. The Balaban J connectivity index is 4.57. The Kier molecular flexibility index (Phi) is 102. The molecule has 5 atom stereocenters. The summed E-state index contributed by atoms with van der Waals surface area (Å²) in [5.74, 6) is -1.56. The molecule has 0 amide bonds. The monoisotopic (exact) mass is 1900 g/mol. The van der Waals surface area contributed by atoms with Gasteiger partial charge in [-0.2, -0.15) is 0 Å². The van der Waals surface area contributed by atoms with Crippen molar-refractivity contribution in [3.05, 3.63) is 170 Å². The molecule has 0 aromatic rings. The number of hydrogen-bond donors (Lipinski definition) is 4. The van der Waals surface area contributed by atoms with Gasteiger partial charge in [-0.3, -0.25) is 32.5 Å². The van der Waals surface area contributed by atoms with Crippen LogP contribution in [0.3, 0.4) is 0 Å². The number of aliphatic hydroxyl groups is 2. The molecule has 16 nitrogen and oxygen atoms in total. The number of carbonyl (C=O) groups excluding carboxylic acids is 3. The van der Waals surface area contributed by atoms with E-state index in [2.05, 4.69) is 191 Å². The Labute approximate surface area is 815 Å². The van der Waals surface area contributed by atoms with Gasteiger partial charge in [-0.15, -0.1) is 0 Å². The largest absolute Gasteiger partial charge is 0.472 e. The molecule has 0 saturated heterocycles. The van der Waals surface area contributed by atoms with E-state index in [1.807, 2.05) is 0 Å². The molecular formula is C115H200O16P2. The molecule has 18 heteroatoms. The van der Waals surface area contributed by atoms with Crippen LogP contribution in [0.25, 0.3) is 0 Å².